The summed E-state index contributed by atoms with van der Waals surface area (Å²) in [7, 11) is 0. The fourth-order valence-corrected chi connectivity index (χ4v) is 3.76. The average molecular weight is 393 g/mol. The van der Waals surface area contributed by atoms with Crippen molar-refractivity contribution in [2.75, 3.05) is 11.9 Å². The Labute approximate surface area is 133 Å². The molecule has 0 radical (unpaired) electrons. The minimum absolute atomic E-state index is 0.773. The number of hydrogen-bond acceptors (Lipinski definition) is 2. The molecule has 0 bridgehead atoms. The first-order chi connectivity index (χ1) is 9.21. The smallest absolute Gasteiger partial charge is 0.0767 e. The van der Waals surface area contributed by atoms with Gasteiger partial charge in [0.15, 0.2) is 0 Å². The Morgan fingerprint density at radius 3 is 2.58 bits per heavy atom. The Hall–Kier alpha value is 0.130. The van der Waals surface area contributed by atoms with Gasteiger partial charge in [-0.05, 0) is 42.1 Å². The van der Waals surface area contributed by atoms with Crippen molar-refractivity contribution in [1.82, 2.24) is 14.7 Å². The van der Waals surface area contributed by atoms with Crippen LogP contribution in [0.1, 0.15) is 44.5 Å². The SMILES string of the molecule is CCc1nn(CC)c(CN(CCBr)C2CCC2)c1Br. The van der Waals surface area contributed by atoms with Gasteiger partial charge in [0.2, 0.25) is 0 Å². The van der Waals surface area contributed by atoms with Crippen molar-refractivity contribution in [1.29, 1.82) is 0 Å². The summed E-state index contributed by atoms with van der Waals surface area (Å²) >= 11 is 7.33. The molecule has 0 aliphatic heterocycles. The molecule has 19 heavy (non-hydrogen) atoms. The van der Waals surface area contributed by atoms with Gasteiger partial charge in [-0.1, -0.05) is 29.3 Å². The summed E-state index contributed by atoms with van der Waals surface area (Å²) in [5.41, 5.74) is 2.52. The summed E-state index contributed by atoms with van der Waals surface area (Å²) in [4.78, 5) is 2.60. The van der Waals surface area contributed by atoms with Crippen LogP contribution in [0.25, 0.3) is 0 Å². The highest BCUT2D eigenvalue weighted by molar-refractivity contribution is 9.10. The molecule has 1 heterocycles. The summed E-state index contributed by atoms with van der Waals surface area (Å²) < 4.78 is 3.37. The van der Waals surface area contributed by atoms with Crippen LogP contribution in [0.3, 0.4) is 0 Å². The van der Waals surface area contributed by atoms with Gasteiger partial charge in [0.05, 0.1) is 15.9 Å². The van der Waals surface area contributed by atoms with E-state index in [1.165, 1.54) is 35.1 Å². The average Bonchev–Trinajstić information content (AvgIpc) is 2.64. The highest BCUT2D eigenvalue weighted by Crippen LogP contribution is 2.29. The van der Waals surface area contributed by atoms with Crippen LogP contribution in [0.2, 0.25) is 0 Å². The van der Waals surface area contributed by atoms with Crippen LogP contribution in [0.4, 0.5) is 0 Å². The Bertz CT molecular complexity index is 413. The van der Waals surface area contributed by atoms with Crippen molar-refractivity contribution < 1.29 is 0 Å². The fourth-order valence-electron chi connectivity index (χ4n) is 2.61. The summed E-state index contributed by atoms with van der Waals surface area (Å²) in [6.45, 7) is 7.41. The van der Waals surface area contributed by atoms with E-state index in [1.807, 2.05) is 0 Å². The predicted octanol–water partition coefficient (Wildman–Crippen LogP) is 3.98. The molecule has 0 amide bonds. The van der Waals surface area contributed by atoms with Crippen LogP contribution < -0.4 is 0 Å². The number of alkyl halides is 1. The van der Waals surface area contributed by atoms with Crippen molar-refractivity contribution in [3.05, 3.63) is 15.9 Å². The third kappa shape index (κ3) is 3.42. The van der Waals surface area contributed by atoms with E-state index in [4.69, 9.17) is 5.10 Å². The summed E-state index contributed by atoms with van der Waals surface area (Å²) in [6, 6.07) is 0.773. The van der Waals surface area contributed by atoms with E-state index in [1.54, 1.807) is 0 Å². The monoisotopic (exact) mass is 391 g/mol. The number of rotatable bonds is 7. The molecule has 0 spiro atoms. The molecule has 108 valence electrons. The number of aromatic nitrogens is 2. The Morgan fingerprint density at radius 2 is 2.11 bits per heavy atom. The van der Waals surface area contributed by atoms with Gasteiger partial charge in [0, 0.05) is 31.0 Å². The second kappa shape index (κ2) is 7.23. The molecule has 0 atom stereocenters. The Kier molecular flexibility index (Phi) is 5.90. The molecule has 1 aliphatic rings. The predicted molar refractivity (Wildman–Crippen MR) is 86.8 cm³/mol. The minimum atomic E-state index is 0.773. The van der Waals surface area contributed by atoms with Gasteiger partial charge >= 0.3 is 0 Å². The Balaban J connectivity index is 2.17. The van der Waals surface area contributed by atoms with Crippen LogP contribution in [-0.2, 0) is 19.5 Å². The van der Waals surface area contributed by atoms with Gasteiger partial charge < -0.3 is 0 Å². The fraction of sp³-hybridized carbons (Fsp3) is 0.786. The molecule has 0 N–H and O–H groups in total. The van der Waals surface area contributed by atoms with E-state index in [0.29, 0.717) is 0 Å². The first-order valence-electron chi connectivity index (χ1n) is 7.25. The molecule has 0 saturated heterocycles. The van der Waals surface area contributed by atoms with Crippen molar-refractivity contribution in [3.63, 3.8) is 0 Å². The van der Waals surface area contributed by atoms with Crippen LogP contribution in [0.5, 0.6) is 0 Å². The molecule has 1 saturated carbocycles. The number of nitrogens with zero attached hydrogens (tertiary/aromatic N) is 3. The maximum absolute atomic E-state index is 4.69. The van der Waals surface area contributed by atoms with E-state index in [2.05, 4.69) is 55.3 Å². The molecule has 0 aromatic carbocycles. The summed E-state index contributed by atoms with van der Waals surface area (Å²) in [5, 5.41) is 5.74. The van der Waals surface area contributed by atoms with Gasteiger partial charge in [0.1, 0.15) is 0 Å². The van der Waals surface area contributed by atoms with Crippen LogP contribution in [0.15, 0.2) is 4.47 Å². The Morgan fingerprint density at radius 1 is 1.37 bits per heavy atom. The highest BCUT2D eigenvalue weighted by atomic mass is 79.9. The van der Waals surface area contributed by atoms with Gasteiger partial charge in [0.25, 0.3) is 0 Å². The number of aryl methyl sites for hydroxylation is 2. The normalized spacial score (nSPS) is 16.1. The lowest BCUT2D eigenvalue weighted by Crippen LogP contribution is -2.41. The summed E-state index contributed by atoms with van der Waals surface area (Å²) in [6.07, 6.45) is 5.08. The lowest BCUT2D eigenvalue weighted by Gasteiger charge is -2.37. The minimum Gasteiger partial charge on any atom is -0.294 e. The molecule has 5 heteroatoms. The topological polar surface area (TPSA) is 21.1 Å². The molecule has 2 rings (SSSR count). The third-order valence-corrected chi connectivity index (χ3v) is 5.28. The molecule has 1 aromatic heterocycles. The van der Waals surface area contributed by atoms with Crippen molar-refractivity contribution in [3.8, 4) is 0 Å². The lowest BCUT2D eigenvalue weighted by atomic mass is 9.91. The lowest BCUT2D eigenvalue weighted by molar-refractivity contribution is 0.124. The van der Waals surface area contributed by atoms with Crippen LogP contribution in [-0.4, -0.2) is 32.6 Å². The molecular weight excluding hydrogens is 370 g/mol. The van der Waals surface area contributed by atoms with Gasteiger partial charge in [-0.3, -0.25) is 9.58 Å². The van der Waals surface area contributed by atoms with Crippen LogP contribution >= 0.6 is 31.9 Å². The summed E-state index contributed by atoms with van der Waals surface area (Å²) in [5.74, 6) is 0. The molecule has 1 aliphatic carbocycles. The largest absolute Gasteiger partial charge is 0.294 e. The maximum Gasteiger partial charge on any atom is 0.0767 e. The van der Waals surface area contributed by atoms with Crippen molar-refractivity contribution >= 4 is 31.9 Å². The highest BCUT2D eigenvalue weighted by Gasteiger charge is 2.26. The van der Waals surface area contributed by atoms with Gasteiger partial charge in [-0.25, -0.2) is 0 Å². The third-order valence-electron chi connectivity index (χ3n) is 4.01. The number of hydrogen-bond donors (Lipinski definition) is 0. The molecule has 1 aromatic rings. The zero-order valence-electron chi connectivity index (χ0n) is 11.8. The second-order valence-corrected chi connectivity index (χ2v) is 6.71. The van der Waals surface area contributed by atoms with E-state index in [-0.39, 0.29) is 0 Å². The van der Waals surface area contributed by atoms with Gasteiger partial charge in [-0.2, -0.15) is 5.10 Å². The standard InChI is InChI=1S/C14H23Br2N3/c1-3-12-14(16)13(19(4-2)17-12)10-18(9-8-15)11-6-5-7-11/h11H,3-10H2,1-2H3. The van der Waals surface area contributed by atoms with Crippen molar-refractivity contribution in [2.24, 2.45) is 0 Å². The maximum atomic E-state index is 4.69. The number of halogens is 2. The van der Waals surface area contributed by atoms with E-state index in [0.717, 1.165) is 37.4 Å². The molecular formula is C14H23Br2N3. The zero-order valence-corrected chi connectivity index (χ0v) is 15.0. The van der Waals surface area contributed by atoms with Crippen LogP contribution in [0, 0.1) is 0 Å². The first kappa shape index (κ1) is 15.5. The van der Waals surface area contributed by atoms with E-state index < -0.39 is 0 Å². The quantitative estimate of drug-likeness (QED) is 0.654. The zero-order chi connectivity index (χ0) is 13.8. The van der Waals surface area contributed by atoms with Gasteiger partial charge in [-0.15, -0.1) is 0 Å². The first-order valence-corrected chi connectivity index (χ1v) is 9.16. The van der Waals surface area contributed by atoms with E-state index in [9.17, 15) is 0 Å². The molecule has 1 fully saturated rings. The molecule has 3 nitrogen and oxygen atoms in total. The van der Waals surface area contributed by atoms with E-state index >= 15 is 0 Å². The van der Waals surface area contributed by atoms with Crippen molar-refractivity contribution in [2.45, 2.75) is 58.7 Å². The molecule has 0 unspecified atom stereocenters. The second-order valence-electron chi connectivity index (χ2n) is 5.12.